The first-order chi connectivity index (χ1) is 7.79. The van der Waals surface area contributed by atoms with Crippen molar-refractivity contribution in [3.05, 3.63) is 43.8 Å². The van der Waals surface area contributed by atoms with Crippen LogP contribution in [0.25, 0.3) is 0 Å². The summed E-state index contributed by atoms with van der Waals surface area (Å²) in [7, 11) is 0. The molecule has 0 atom stereocenters. The Labute approximate surface area is 105 Å². The zero-order valence-corrected chi connectivity index (χ0v) is 11.4. The summed E-state index contributed by atoms with van der Waals surface area (Å²) in [5, 5.41) is 5.66. The summed E-state index contributed by atoms with van der Waals surface area (Å²) in [6, 6.07) is 6.65. The lowest BCUT2D eigenvalue weighted by molar-refractivity contribution is 0.706. The summed E-state index contributed by atoms with van der Waals surface area (Å²) < 4.78 is 0. The van der Waals surface area contributed by atoms with Crippen LogP contribution in [-0.2, 0) is 19.5 Å². The van der Waals surface area contributed by atoms with Gasteiger partial charge in [-0.3, -0.25) is 0 Å². The maximum absolute atomic E-state index is 3.50. The van der Waals surface area contributed by atoms with Crippen LogP contribution in [0.4, 0.5) is 0 Å². The molecule has 0 aliphatic rings. The van der Waals surface area contributed by atoms with Gasteiger partial charge in [0.25, 0.3) is 0 Å². The highest BCUT2D eigenvalue weighted by molar-refractivity contribution is 7.12. The summed E-state index contributed by atoms with van der Waals surface area (Å²) in [4.78, 5) is 4.36. The van der Waals surface area contributed by atoms with Gasteiger partial charge in [0.2, 0.25) is 0 Å². The zero-order valence-electron chi connectivity index (χ0n) is 9.75. The second-order valence-electron chi connectivity index (χ2n) is 3.85. The van der Waals surface area contributed by atoms with E-state index in [0.29, 0.717) is 0 Å². The Morgan fingerprint density at radius 1 is 1.12 bits per heavy atom. The molecule has 0 saturated heterocycles. The highest BCUT2D eigenvalue weighted by atomic mass is 32.1. The van der Waals surface area contributed by atoms with Crippen LogP contribution in [0.2, 0.25) is 0 Å². The molecule has 0 saturated carbocycles. The van der Waals surface area contributed by atoms with Crippen LogP contribution in [0.5, 0.6) is 0 Å². The average molecular weight is 251 g/mol. The fourth-order valence-electron chi connectivity index (χ4n) is 1.59. The number of nitrogens with one attached hydrogen (secondary N) is 1. The monoisotopic (exact) mass is 251 g/mol. The van der Waals surface area contributed by atoms with E-state index in [1.165, 1.54) is 20.2 Å². The highest BCUT2D eigenvalue weighted by Gasteiger charge is 2.01. The predicted octanol–water partition coefficient (Wildman–Crippen LogP) is 3.97. The van der Waals surface area contributed by atoms with Crippen LogP contribution in [0, 0.1) is 6.92 Å². The molecular formula is C13H17NS2. The maximum Gasteiger partial charge on any atom is 0.0305 e. The van der Waals surface area contributed by atoms with Crippen molar-refractivity contribution in [2.45, 2.75) is 33.4 Å². The van der Waals surface area contributed by atoms with E-state index in [1.807, 2.05) is 22.7 Å². The quantitative estimate of drug-likeness (QED) is 0.848. The smallest absolute Gasteiger partial charge is 0.0305 e. The Morgan fingerprint density at radius 2 is 1.94 bits per heavy atom. The van der Waals surface area contributed by atoms with Crippen molar-refractivity contribution in [3.8, 4) is 0 Å². The lowest BCUT2D eigenvalue weighted by Gasteiger charge is -2.02. The van der Waals surface area contributed by atoms with E-state index in [4.69, 9.17) is 0 Å². The van der Waals surface area contributed by atoms with Crippen molar-refractivity contribution in [1.82, 2.24) is 5.32 Å². The first-order valence-corrected chi connectivity index (χ1v) is 7.30. The minimum atomic E-state index is 0.988. The molecule has 0 amide bonds. The van der Waals surface area contributed by atoms with Crippen LogP contribution >= 0.6 is 22.7 Å². The Kier molecular flexibility index (Phi) is 4.16. The largest absolute Gasteiger partial charge is 0.307 e. The van der Waals surface area contributed by atoms with E-state index in [0.717, 1.165) is 19.5 Å². The van der Waals surface area contributed by atoms with Crippen molar-refractivity contribution >= 4 is 22.7 Å². The van der Waals surface area contributed by atoms with Crippen LogP contribution in [0.3, 0.4) is 0 Å². The number of hydrogen-bond acceptors (Lipinski definition) is 3. The van der Waals surface area contributed by atoms with E-state index >= 15 is 0 Å². The van der Waals surface area contributed by atoms with Gasteiger partial charge in [-0.15, -0.1) is 22.7 Å². The molecule has 86 valence electrons. The predicted molar refractivity (Wildman–Crippen MR) is 73.3 cm³/mol. The molecule has 2 aromatic heterocycles. The fourth-order valence-corrected chi connectivity index (χ4v) is 3.40. The third kappa shape index (κ3) is 2.94. The topological polar surface area (TPSA) is 12.0 Å². The molecule has 0 aliphatic carbocycles. The van der Waals surface area contributed by atoms with Gasteiger partial charge in [0.05, 0.1) is 0 Å². The molecule has 0 unspecified atom stereocenters. The molecule has 0 fully saturated rings. The van der Waals surface area contributed by atoms with Gasteiger partial charge >= 0.3 is 0 Å². The van der Waals surface area contributed by atoms with Gasteiger partial charge in [0.15, 0.2) is 0 Å². The Bertz CT molecular complexity index is 442. The molecule has 1 N–H and O–H groups in total. The third-order valence-corrected chi connectivity index (χ3v) is 4.87. The number of thiophene rings is 2. The highest BCUT2D eigenvalue weighted by Crippen LogP contribution is 2.18. The van der Waals surface area contributed by atoms with Crippen molar-refractivity contribution < 1.29 is 0 Å². The van der Waals surface area contributed by atoms with Crippen LogP contribution in [0.1, 0.15) is 27.1 Å². The number of rotatable bonds is 5. The fraction of sp³-hybridized carbons (Fsp3) is 0.385. The molecule has 1 nitrogen and oxygen atoms in total. The average Bonchev–Trinajstić information content (AvgIpc) is 2.89. The number of hydrogen-bond donors (Lipinski definition) is 1. The minimum Gasteiger partial charge on any atom is -0.307 e. The number of aryl methyl sites for hydroxylation is 2. The molecule has 2 rings (SSSR count). The minimum absolute atomic E-state index is 0.988. The second-order valence-corrected chi connectivity index (χ2v) is 6.11. The zero-order chi connectivity index (χ0) is 11.4. The molecule has 0 aliphatic heterocycles. The van der Waals surface area contributed by atoms with E-state index in [9.17, 15) is 0 Å². The van der Waals surface area contributed by atoms with Crippen LogP contribution < -0.4 is 5.32 Å². The van der Waals surface area contributed by atoms with Crippen LogP contribution in [0.15, 0.2) is 23.6 Å². The second kappa shape index (κ2) is 5.62. The van der Waals surface area contributed by atoms with E-state index < -0.39 is 0 Å². The first kappa shape index (κ1) is 11.8. The summed E-state index contributed by atoms with van der Waals surface area (Å²) in [6.07, 6.45) is 1.15. The molecule has 0 aromatic carbocycles. The Hall–Kier alpha value is -0.640. The lowest BCUT2D eigenvalue weighted by atomic mass is 10.3. The van der Waals surface area contributed by atoms with E-state index in [2.05, 4.69) is 42.7 Å². The standard InChI is InChI=1S/C13H17NS2/c1-3-11-4-5-12(16-11)8-14-9-13-10(2)6-7-15-13/h4-7,14H,3,8-9H2,1-2H3. The van der Waals surface area contributed by atoms with Gasteiger partial charge in [-0.25, -0.2) is 0 Å². The lowest BCUT2D eigenvalue weighted by Crippen LogP contribution is -2.11. The molecule has 0 spiro atoms. The van der Waals surface area contributed by atoms with Crippen molar-refractivity contribution in [3.63, 3.8) is 0 Å². The Balaban J connectivity index is 1.82. The van der Waals surface area contributed by atoms with Gasteiger partial charge < -0.3 is 5.32 Å². The van der Waals surface area contributed by atoms with Crippen molar-refractivity contribution in [1.29, 1.82) is 0 Å². The SMILES string of the molecule is CCc1ccc(CNCc2sccc2C)s1. The molecule has 0 bridgehead atoms. The molecule has 3 heteroatoms. The van der Waals surface area contributed by atoms with Crippen molar-refractivity contribution in [2.75, 3.05) is 0 Å². The summed E-state index contributed by atoms with van der Waals surface area (Å²) in [6.45, 7) is 6.36. The maximum atomic E-state index is 3.50. The normalized spacial score (nSPS) is 10.9. The van der Waals surface area contributed by atoms with Crippen LogP contribution in [-0.4, -0.2) is 0 Å². The third-order valence-electron chi connectivity index (χ3n) is 2.62. The summed E-state index contributed by atoms with van der Waals surface area (Å²) in [5.41, 5.74) is 1.40. The Morgan fingerprint density at radius 3 is 2.56 bits per heavy atom. The van der Waals surface area contributed by atoms with Gasteiger partial charge in [0.1, 0.15) is 0 Å². The van der Waals surface area contributed by atoms with E-state index in [1.54, 1.807) is 0 Å². The van der Waals surface area contributed by atoms with Crippen molar-refractivity contribution in [2.24, 2.45) is 0 Å². The van der Waals surface area contributed by atoms with E-state index in [-0.39, 0.29) is 0 Å². The van der Waals surface area contributed by atoms with Gasteiger partial charge in [-0.05, 0) is 42.5 Å². The molecule has 16 heavy (non-hydrogen) atoms. The van der Waals surface area contributed by atoms with Gasteiger partial charge in [-0.1, -0.05) is 6.92 Å². The molecule has 2 aromatic rings. The molecule has 2 heterocycles. The van der Waals surface area contributed by atoms with Gasteiger partial charge in [-0.2, -0.15) is 0 Å². The first-order valence-electron chi connectivity index (χ1n) is 5.61. The van der Waals surface area contributed by atoms with Gasteiger partial charge in [0, 0.05) is 27.7 Å². The molecular weight excluding hydrogens is 234 g/mol. The summed E-state index contributed by atoms with van der Waals surface area (Å²) in [5.74, 6) is 0. The molecule has 0 radical (unpaired) electrons. The summed E-state index contributed by atoms with van der Waals surface area (Å²) >= 11 is 3.75.